The molecule has 4 nitrogen and oxygen atoms in total. The number of unbranched alkanes of at least 4 members (excludes halogenated alkanes) is 2. The Balaban J connectivity index is 4.89. The lowest BCUT2D eigenvalue weighted by Gasteiger charge is -2.33. The van der Waals surface area contributed by atoms with E-state index in [1.807, 2.05) is 6.92 Å². The molecule has 0 fully saturated rings. The molecule has 0 saturated carbocycles. The quantitative estimate of drug-likeness (QED) is 0.512. The van der Waals surface area contributed by atoms with Gasteiger partial charge in [-0.2, -0.15) is 0 Å². The Kier molecular flexibility index (Phi) is 12.5. The van der Waals surface area contributed by atoms with Gasteiger partial charge in [-0.15, -0.1) is 0 Å². The van der Waals surface area contributed by atoms with E-state index in [0.717, 1.165) is 51.6 Å². The minimum Gasteiger partial charge on any atom is -0.378 e. The predicted octanol–water partition coefficient (Wildman–Crippen LogP) is 3.40. The second-order valence-electron chi connectivity index (χ2n) is 6.68. The van der Waals surface area contributed by atoms with Crippen LogP contribution in [0.15, 0.2) is 0 Å². The first-order valence-corrected chi connectivity index (χ1v) is 9.17. The molecule has 0 aromatic heterocycles. The van der Waals surface area contributed by atoms with Gasteiger partial charge in [0.15, 0.2) is 0 Å². The van der Waals surface area contributed by atoms with Crippen LogP contribution in [0.5, 0.6) is 0 Å². The Bertz CT molecular complexity index is 274. The highest BCUT2D eigenvalue weighted by atomic mass is 16.3. The molecular formula is C18H38N2O2. The maximum atomic E-state index is 12.4. The normalized spacial score (nSPS) is 14.4. The molecule has 0 radical (unpaired) electrons. The smallest absolute Gasteiger partial charge is 0.227 e. The van der Waals surface area contributed by atoms with Crippen molar-refractivity contribution in [2.75, 3.05) is 19.6 Å². The highest BCUT2D eigenvalue weighted by Gasteiger charge is 2.31. The summed E-state index contributed by atoms with van der Waals surface area (Å²) in [4.78, 5) is 14.5. The topological polar surface area (TPSA) is 52.6 Å². The van der Waals surface area contributed by atoms with Crippen LogP contribution in [0.25, 0.3) is 0 Å². The Morgan fingerprint density at radius 3 is 2.00 bits per heavy atom. The number of nitrogens with one attached hydrogen (secondary N) is 1. The van der Waals surface area contributed by atoms with Crippen molar-refractivity contribution in [2.45, 2.75) is 79.4 Å². The molecule has 1 amide bonds. The molecule has 132 valence electrons. The van der Waals surface area contributed by atoms with E-state index in [-0.39, 0.29) is 11.8 Å². The fraction of sp³-hybridized carbons (Fsp3) is 0.944. The molecule has 4 heteroatoms. The molecular weight excluding hydrogens is 276 g/mol. The van der Waals surface area contributed by atoms with Gasteiger partial charge in [0.25, 0.3) is 0 Å². The Morgan fingerprint density at radius 2 is 1.59 bits per heavy atom. The van der Waals surface area contributed by atoms with Crippen LogP contribution in [0.1, 0.15) is 73.1 Å². The van der Waals surface area contributed by atoms with Gasteiger partial charge in [0.05, 0.1) is 5.92 Å². The first-order valence-electron chi connectivity index (χ1n) is 9.17. The molecule has 0 saturated heterocycles. The van der Waals surface area contributed by atoms with Crippen molar-refractivity contribution in [3.63, 3.8) is 0 Å². The third-order valence-corrected chi connectivity index (χ3v) is 3.94. The molecule has 2 N–H and O–H groups in total. The standard InChI is InChI=1S/C18H38N2O2/c1-6-9-12-20(13-10-7-2)18(22)16(14-15(4)5)17(21)19-11-8-3/h15-16,18,22H,6-14H2,1-5H3,(H,19,21). The Labute approximate surface area is 137 Å². The molecule has 0 bridgehead atoms. The molecule has 0 aliphatic carbocycles. The van der Waals surface area contributed by atoms with Crippen molar-refractivity contribution < 1.29 is 9.90 Å². The van der Waals surface area contributed by atoms with Crippen molar-refractivity contribution in [2.24, 2.45) is 11.8 Å². The maximum absolute atomic E-state index is 12.4. The first-order chi connectivity index (χ1) is 10.5. The lowest BCUT2D eigenvalue weighted by atomic mass is 9.93. The summed E-state index contributed by atoms with van der Waals surface area (Å²) in [6.07, 6.45) is 5.31. The molecule has 0 rings (SSSR count). The maximum Gasteiger partial charge on any atom is 0.227 e. The molecule has 0 aliphatic rings. The summed E-state index contributed by atoms with van der Waals surface area (Å²) in [5.41, 5.74) is 0. The van der Waals surface area contributed by atoms with E-state index >= 15 is 0 Å². The number of hydrogen-bond acceptors (Lipinski definition) is 3. The second kappa shape index (κ2) is 12.9. The number of amides is 1. The third-order valence-electron chi connectivity index (χ3n) is 3.94. The summed E-state index contributed by atoms with van der Waals surface area (Å²) >= 11 is 0. The van der Waals surface area contributed by atoms with E-state index in [9.17, 15) is 9.90 Å². The van der Waals surface area contributed by atoms with E-state index < -0.39 is 6.23 Å². The molecule has 0 aromatic rings. The van der Waals surface area contributed by atoms with Crippen molar-refractivity contribution in [3.8, 4) is 0 Å². The molecule has 2 atom stereocenters. The highest BCUT2D eigenvalue weighted by molar-refractivity contribution is 5.79. The number of hydrogen-bond donors (Lipinski definition) is 2. The summed E-state index contributed by atoms with van der Waals surface area (Å²) < 4.78 is 0. The number of rotatable bonds is 13. The van der Waals surface area contributed by atoms with Gasteiger partial charge in [0, 0.05) is 19.6 Å². The van der Waals surface area contributed by atoms with Gasteiger partial charge in [-0.05, 0) is 31.6 Å². The van der Waals surface area contributed by atoms with Gasteiger partial charge in [-0.3, -0.25) is 9.69 Å². The average molecular weight is 315 g/mol. The van der Waals surface area contributed by atoms with E-state index in [1.54, 1.807) is 0 Å². The zero-order valence-corrected chi connectivity index (χ0v) is 15.4. The van der Waals surface area contributed by atoms with E-state index in [4.69, 9.17) is 0 Å². The van der Waals surface area contributed by atoms with Crippen molar-refractivity contribution >= 4 is 5.91 Å². The molecule has 0 aromatic carbocycles. The van der Waals surface area contributed by atoms with Gasteiger partial charge < -0.3 is 10.4 Å². The minimum absolute atomic E-state index is 0.000969. The molecule has 2 unspecified atom stereocenters. The van der Waals surface area contributed by atoms with E-state index in [1.165, 1.54) is 0 Å². The van der Waals surface area contributed by atoms with Crippen LogP contribution in [-0.2, 0) is 4.79 Å². The molecule has 0 heterocycles. The van der Waals surface area contributed by atoms with Gasteiger partial charge in [0.1, 0.15) is 6.23 Å². The van der Waals surface area contributed by atoms with Crippen molar-refractivity contribution in [1.29, 1.82) is 0 Å². The van der Waals surface area contributed by atoms with Crippen molar-refractivity contribution in [3.05, 3.63) is 0 Å². The first kappa shape index (κ1) is 21.4. The number of aliphatic hydroxyl groups is 1. The predicted molar refractivity (Wildman–Crippen MR) is 93.6 cm³/mol. The van der Waals surface area contributed by atoms with Crippen LogP contribution < -0.4 is 5.32 Å². The van der Waals surface area contributed by atoms with Crippen LogP contribution in [0.4, 0.5) is 0 Å². The van der Waals surface area contributed by atoms with E-state index in [0.29, 0.717) is 12.5 Å². The number of carbonyl (C=O) groups is 1. The van der Waals surface area contributed by atoms with E-state index in [2.05, 4.69) is 37.9 Å². The summed E-state index contributed by atoms with van der Waals surface area (Å²) in [6, 6.07) is 0. The zero-order valence-electron chi connectivity index (χ0n) is 15.4. The SMILES string of the molecule is CCCCN(CCCC)C(O)C(CC(C)C)C(=O)NCCC. The van der Waals surface area contributed by atoms with Gasteiger partial charge in [-0.25, -0.2) is 0 Å². The zero-order chi connectivity index (χ0) is 17.0. The monoisotopic (exact) mass is 314 g/mol. The van der Waals surface area contributed by atoms with Gasteiger partial charge in [0.2, 0.25) is 5.91 Å². The Hall–Kier alpha value is -0.610. The lowest BCUT2D eigenvalue weighted by Crippen LogP contribution is -2.48. The number of carbonyl (C=O) groups excluding carboxylic acids is 1. The fourth-order valence-corrected chi connectivity index (χ4v) is 2.60. The molecule has 22 heavy (non-hydrogen) atoms. The Morgan fingerprint density at radius 1 is 1.05 bits per heavy atom. The van der Waals surface area contributed by atoms with Crippen LogP contribution in [0.3, 0.4) is 0 Å². The number of nitrogens with zero attached hydrogens (tertiary/aromatic N) is 1. The highest BCUT2D eigenvalue weighted by Crippen LogP contribution is 2.20. The molecule has 0 spiro atoms. The van der Waals surface area contributed by atoms with Crippen molar-refractivity contribution in [1.82, 2.24) is 10.2 Å². The summed E-state index contributed by atoms with van der Waals surface area (Å²) in [5.74, 6) is 0.0625. The summed E-state index contributed by atoms with van der Waals surface area (Å²) in [5, 5.41) is 13.8. The largest absolute Gasteiger partial charge is 0.378 e. The second-order valence-corrected chi connectivity index (χ2v) is 6.68. The van der Waals surface area contributed by atoms with Gasteiger partial charge in [-0.1, -0.05) is 47.5 Å². The van der Waals surface area contributed by atoms with Crippen LogP contribution >= 0.6 is 0 Å². The van der Waals surface area contributed by atoms with Crippen LogP contribution in [0, 0.1) is 11.8 Å². The molecule has 0 aliphatic heterocycles. The fourth-order valence-electron chi connectivity index (χ4n) is 2.60. The van der Waals surface area contributed by atoms with Crippen LogP contribution in [-0.4, -0.2) is 41.8 Å². The van der Waals surface area contributed by atoms with Crippen LogP contribution in [0.2, 0.25) is 0 Å². The average Bonchev–Trinajstić information content (AvgIpc) is 2.49. The minimum atomic E-state index is -0.669. The third kappa shape index (κ3) is 8.74. The summed E-state index contributed by atoms with van der Waals surface area (Å²) in [6.45, 7) is 13.0. The van der Waals surface area contributed by atoms with Gasteiger partial charge >= 0.3 is 0 Å². The lowest BCUT2D eigenvalue weighted by molar-refractivity contribution is -0.136. The summed E-state index contributed by atoms with van der Waals surface area (Å²) in [7, 11) is 0. The number of aliphatic hydroxyl groups excluding tert-OH is 1.